The monoisotopic (exact) mass is 305 g/mol. The van der Waals surface area contributed by atoms with Crippen LogP contribution in [0.25, 0.3) is 0 Å². The van der Waals surface area contributed by atoms with E-state index in [1.54, 1.807) is 7.11 Å². The molecule has 0 bridgehead atoms. The topological polar surface area (TPSA) is 21.3 Å². The van der Waals surface area contributed by atoms with E-state index in [9.17, 15) is 0 Å². The number of rotatable bonds is 6. The molecule has 0 fully saturated rings. The summed E-state index contributed by atoms with van der Waals surface area (Å²) in [6.07, 6.45) is 0.985. The molecular weight excluding hydrogens is 289 g/mol. The predicted octanol–water partition coefficient (Wildman–Crippen LogP) is 3.56. The number of ether oxygens (including phenoxy) is 1. The minimum atomic E-state index is 0.232. The number of methoxy groups -OCH3 is 1. The number of hydrogen-bond acceptors (Lipinski definition) is 2. The van der Waals surface area contributed by atoms with Crippen molar-refractivity contribution in [2.45, 2.75) is 25.3 Å². The van der Waals surface area contributed by atoms with Crippen LogP contribution in [0.2, 0.25) is 0 Å². The minimum Gasteiger partial charge on any atom is -0.496 e. The molecule has 1 unspecified atom stereocenters. The first-order valence-electron chi connectivity index (χ1n) is 5.30. The molecule has 0 aliphatic rings. The highest BCUT2D eigenvalue weighted by molar-refractivity contribution is 9.10. The third-order valence-corrected chi connectivity index (χ3v) is 3.10. The molecule has 0 radical (unpaired) electrons. The fraction of sp³-hybridized carbons (Fsp3) is 0.500. The van der Waals surface area contributed by atoms with Gasteiger partial charge in [0.25, 0.3) is 0 Å². The standard InChI is InChI=1S/C12H17BrClNO/c1-9(14)5-6-15-8-10-3-4-12(16-2)11(13)7-10/h3-4,7,9,15H,5-6,8H2,1-2H3. The maximum Gasteiger partial charge on any atom is 0.133 e. The van der Waals surface area contributed by atoms with Crippen molar-refractivity contribution in [3.05, 3.63) is 28.2 Å². The van der Waals surface area contributed by atoms with E-state index in [0.717, 1.165) is 29.7 Å². The lowest BCUT2D eigenvalue weighted by atomic mass is 10.2. The molecule has 0 aromatic heterocycles. The Labute approximate surface area is 110 Å². The lowest BCUT2D eigenvalue weighted by molar-refractivity contribution is 0.412. The summed E-state index contributed by atoms with van der Waals surface area (Å²) in [6.45, 7) is 3.80. The molecule has 2 nitrogen and oxygen atoms in total. The van der Waals surface area contributed by atoms with Gasteiger partial charge in [-0.1, -0.05) is 6.07 Å². The Morgan fingerprint density at radius 1 is 1.50 bits per heavy atom. The molecule has 90 valence electrons. The fourth-order valence-electron chi connectivity index (χ4n) is 1.35. The number of halogens is 2. The van der Waals surface area contributed by atoms with E-state index in [4.69, 9.17) is 16.3 Å². The van der Waals surface area contributed by atoms with Gasteiger partial charge in [-0.3, -0.25) is 0 Å². The van der Waals surface area contributed by atoms with Crippen molar-refractivity contribution in [2.75, 3.05) is 13.7 Å². The number of benzene rings is 1. The molecule has 0 aliphatic heterocycles. The summed E-state index contributed by atoms with van der Waals surface area (Å²) in [5.41, 5.74) is 1.23. The molecule has 0 aliphatic carbocycles. The SMILES string of the molecule is COc1ccc(CNCCC(C)Cl)cc1Br. The summed E-state index contributed by atoms with van der Waals surface area (Å²) >= 11 is 9.33. The van der Waals surface area contributed by atoms with E-state index in [-0.39, 0.29) is 5.38 Å². The summed E-state index contributed by atoms with van der Waals surface area (Å²) in [5, 5.41) is 3.58. The van der Waals surface area contributed by atoms with Crippen molar-refractivity contribution in [1.82, 2.24) is 5.32 Å². The van der Waals surface area contributed by atoms with Crippen LogP contribution in [-0.2, 0) is 6.54 Å². The van der Waals surface area contributed by atoms with Crippen LogP contribution in [0.15, 0.2) is 22.7 Å². The molecule has 1 atom stereocenters. The van der Waals surface area contributed by atoms with Crippen molar-refractivity contribution in [2.24, 2.45) is 0 Å². The van der Waals surface area contributed by atoms with Gasteiger partial charge in [0.1, 0.15) is 5.75 Å². The van der Waals surface area contributed by atoms with Crippen LogP contribution in [0, 0.1) is 0 Å². The van der Waals surface area contributed by atoms with E-state index in [1.165, 1.54) is 5.56 Å². The normalized spacial score (nSPS) is 12.5. The van der Waals surface area contributed by atoms with Crippen LogP contribution >= 0.6 is 27.5 Å². The Balaban J connectivity index is 2.40. The molecule has 0 heterocycles. The van der Waals surface area contributed by atoms with Gasteiger partial charge in [0.2, 0.25) is 0 Å². The largest absolute Gasteiger partial charge is 0.496 e. The minimum absolute atomic E-state index is 0.232. The van der Waals surface area contributed by atoms with Crippen LogP contribution in [0.4, 0.5) is 0 Å². The third-order valence-electron chi connectivity index (χ3n) is 2.26. The Kier molecular flexibility index (Phi) is 6.17. The van der Waals surface area contributed by atoms with Gasteiger partial charge in [-0.15, -0.1) is 11.6 Å². The zero-order chi connectivity index (χ0) is 12.0. The average Bonchev–Trinajstić information content (AvgIpc) is 2.24. The number of alkyl halides is 1. The van der Waals surface area contributed by atoms with Gasteiger partial charge in [-0.25, -0.2) is 0 Å². The van der Waals surface area contributed by atoms with Gasteiger partial charge < -0.3 is 10.1 Å². The highest BCUT2D eigenvalue weighted by Gasteiger charge is 2.01. The molecule has 0 saturated heterocycles. The molecule has 0 spiro atoms. The molecule has 4 heteroatoms. The quantitative estimate of drug-likeness (QED) is 0.641. The first-order chi connectivity index (χ1) is 7.63. The number of hydrogen-bond donors (Lipinski definition) is 1. The summed E-state index contributed by atoms with van der Waals surface area (Å²) < 4.78 is 6.16. The van der Waals surface area contributed by atoms with Crippen LogP contribution < -0.4 is 10.1 Å². The molecule has 16 heavy (non-hydrogen) atoms. The molecule has 0 saturated carbocycles. The van der Waals surface area contributed by atoms with Crippen molar-refractivity contribution in [3.63, 3.8) is 0 Å². The maximum atomic E-state index is 5.86. The molecule has 0 amide bonds. The second-order valence-electron chi connectivity index (χ2n) is 3.72. The van der Waals surface area contributed by atoms with Crippen molar-refractivity contribution in [3.8, 4) is 5.75 Å². The average molecular weight is 307 g/mol. The van der Waals surface area contributed by atoms with E-state index >= 15 is 0 Å². The summed E-state index contributed by atoms with van der Waals surface area (Å²) in [6, 6.07) is 6.09. The predicted molar refractivity (Wildman–Crippen MR) is 72.3 cm³/mol. The van der Waals surface area contributed by atoms with Crippen molar-refractivity contribution >= 4 is 27.5 Å². The number of nitrogens with one attached hydrogen (secondary N) is 1. The van der Waals surface area contributed by atoms with Crippen molar-refractivity contribution in [1.29, 1.82) is 0 Å². The van der Waals surface area contributed by atoms with Gasteiger partial charge in [-0.2, -0.15) is 0 Å². The Bertz CT molecular complexity index is 331. The highest BCUT2D eigenvalue weighted by atomic mass is 79.9. The zero-order valence-electron chi connectivity index (χ0n) is 9.59. The van der Waals surface area contributed by atoms with Crippen LogP contribution in [0.3, 0.4) is 0 Å². The summed E-state index contributed by atoms with van der Waals surface area (Å²) in [4.78, 5) is 0. The van der Waals surface area contributed by atoms with E-state index < -0.39 is 0 Å². The van der Waals surface area contributed by atoms with Gasteiger partial charge in [0.05, 0.1) is 11.6 Å². The lowest BCUT2D eigenvalue weighted by Gasteiger charge is -2.08. The van der Waals surface area contributed by atoms with Gasteiger partial charge in [0, 0.05) is 11.9 Å². The Hall–Kier alpha value is -0.250. The smallest absolute Gasteiger partial charge is 0.133 e. The third kappa shape index (κ3) is 4.73. The first-order valence-corrected chi connectivity index (χ1v) is 6.53. The van der Waals surface area contributed by atoms with Crippen LogP contribution in [-0.4, -0.2) is 19.0 Å². The molecule has 1 N–H and O–H groups in total. The Morgan fingerprint density at radius 3 is 2.81 bits per heavy atom. The zero-order valence-corrected chi connectivity index (χ0v) is 11.9. The molecular formula is C12H17BrClNO. The van der Waals surface area contributed by atoms with E-state index in [0.29, 0.717) is 0 Å². The molecule has 1 aromatic carbocycles. The molecule has 1 rings (SSSR count). The van der Waals surface area contributed by atoms with Crippen LogP contribution in [0.5, 0.6) is 5.75 Å². The Morgan fingerprint density at radius 2 is 2.25 bits per heavy atom. The lowest BCUT2D eigenvalue weighted by Crippen LogP contribution is -2.16. The summed E-state index contributed by atoms with van der Waals surface area (Å²) in [5.74, 6) is 0.859. The van der Waals surface area contributed by atoms with E-state index in [1.807, 2.05) is 13.0 Å². The second kappa shape index (κ2) is 7.15. The van der Waals surface area contributed by atoms with E-state index in [2.05, 4.69) is 33.4 Å². The second-order valence-corrected chi connectivity index (χ2v) is 5.31. The fourth-order valence-corrected chi connectivity index (χ4v) is 2.05. The maximum absolute atomic E-state index is 5.86. The highest BCUT2D eigenvalue weighted by Crippen LogP contribution is 2.25. The van der Waals surface area contributed by atoms with Gasteiger partial charge >= 0.3 is 0 Å². The van der Waals surface area contributed by atoms with Gasteiger partial charge in [0.15, 0.2) is 0 Å². The van der Waals surface area contributed by atoms with Crippen molar-refractivity contribution < 1.29 is 4.74 Å². The van der Waals surface area contributed by atoms with Crippen LogP contribution in [0.1, 0.15) is 18.9 Å². The summed E-state index contributed by atoms with van der Waals surface area (Å²) in [7, 11) is 1.67. The first kappa shape index (κ1) is 13.8. The van der Waals surface area contributed by atoms with Gasteiger partial charge in [-0.05, 0) is 53.5 Å². The molecule has 1 aromatic rings.